The molecule has 6 nitrogen and oxygen atoms in total. The lowest BCUT2D eigenvalue weighted by Gasteiger charge is -2.25. The number of aliphatic imine (C=N–C) groups is 1. The van der Waals surface area contributed by atoms with Crippen LogP contribution in [0.3, 0.4) is 0 Å². The summed E-state index contributed by atoms with van der Waals surface area (Å²) < 4.78 is 25.6. The Balaban J connectivity index is 1.74. The second-order valence-corrected chi connectivity index (χ2v) is 11.3. The van der Waals surface area contributed by atoms with Crippen LogP contribution in [-0.4, -0.2) is 29.5 Å². The predicted molar refractivity (Wildman–Crippen MR) is 118 cm³/mol. The van der Waals surface area contributed by atoms with E-state index in [-0.39, 0.29) is 21.7 Å². The normalized spacial score (nSPS) is 21.2. The first-order valence-electron chi connectivity index (χ1n) is 10.2. The number of aromatic amines is 1. The molecular formula is C21H27N3O3S2. The molecule has 0 bridgehead atoms. The van der Waals surface area contributed by atoms with Gasteiger partial charge in [0.2, 0.25) is 0 Å². The summed E-state index contributed by atoms with van der Waals surface area (Å²) in [5.41, 5.74) is 1.50. The Hall–Kier alpha value is -1.80. The third-order valence-electron chi connectivity index (χ3n) is 5.80. The van der Waals surface area contributed by atoms with Gasteiger partial charge in [-0.15, -0.1) is 0 Å². The van der Waals surface area contributed by atoms with Crippen molar-refractivity contribution < 1.29 is 8.42 Å². The van der Waals surface area contributed by atoms with Crippen molar-refractivity contribution in [2.24, 2.45) is 4.99 Å². The summed E-state index contributed by atoms with van der Waals surface area (Å²) in [6, 6.07) is 7.13. The molecule has 1 saturated carbocycles. The minimum atomic E-state index is -3.25. The van der Waals surface area contributed by atoms with Gasteiger partial charge in [-0.25, -0.2) is 13.4 Å². The summed E-state index contributed by atoms with van der Waals surface area (Å²) in [5.74, 6) is 0.744. The molecule has 29 heavy (non-hydrogen) atoms. The summed E-state index contributed by atoms with van der Waals surface area (Å²) in [6.07, 6.45) is 9.47. The van der Waals surface area contributed by atoms with Crippen LogP contribution < -0.4 is 5.56 Å². The monoisotopic (exact) mass is 433 g/mol. The van der Waals surface area contributed by atoms with Gasteiger partial charge < -0.3 is 0 Å². The number of sulfone groups is 1. The number of thioether (sulfide) groups is 1. The van der Waals surface area contributed by atoms with Gasteiger partial charge in [0.1, 0.15) is 0 Å². The molecule has 1 aliphatic heterocycles. The minimum absolute atomic E-state index is 0.0944. The average molecular weight is 434 g/mol. The zero-order valence-corrected chi connectivity index (χ0v) is 18.5. The molecule has 2 aromatic rings. The molecule has 1 fully saturated rings. The first kappa shape index (κ1) is 20.5. The molecule has 0 saturated heterocycles. The van der Waals surface area contributed by atoms with Crippen LogP contribution in [0.2, 0.25) is 0 Å². The Morgan fingerprint density at radius 1 is 1.07 bits per heavy atom. The van der Waals surface area contributed by atoms with E-state index >= 15 is 0 Å². The van der Waals surface area contributed by atoms with E-state index in [1.165, 1.54) is 38.4 Å². The van der Waals surface area contributed by atoms with Gasteiger partial charge in [0, 0.05) is 6.26 Å². The van der Waals surface area contributed by atoms with E-state index in [9.17, 15) is 13.2 Å². The molecule has 4 rings (SSSR count). The number of benzene rings is 1. The minimum Gasteiger partial charge on any atom is -0.268 e. The van der Waals surface area contributed by atoms with Crippen molar-refractivity contribution in [1.82, 2.24) is 9.78 Å². The molecular weight excluding hydrogens is 406 g/mol. The maximum atomic E-state index is 12.9. The van der Waals surface area contributed by atoms with Crippen molar-refractivity contribution in [1.29, 1.82) is 0 Å². The summed E-state index contributed by atoms with van der Waals surface area (Å²) in [6.45, 7) is 1.96. The van der Waals surface area contributed by atoms with E-state index in [0.29, 0.717) is 5.56 Å². The molecule has 1 aliphatic carbocycles. The number of hydrogen-bond acceptors (Lipinski definition) is 5. The molecule has 0 spiro atoms. The molecule has 1 unspecified atom stereocenters. The fourth-order valence-electron chi connectivity index (χ4n) is 4.29. The summed E-state index contributed by atoms with van der Waals surface area (Å²) in [5, 5.41) is 3.80. The highest BCUT2D eigenvalue weighted by Gasteiger charge is 2.32. The Bertz CT molecular complexity index is 1070. The van der Waals surface area contributed by atoms with Gasteiger partial charge >= 0.3 is 0 Å². The van der Waals surface area contributed by atoms with Gasteiger partial charge in [-0.05, 0) is 37.5 Å². The number of nitrogens with one attached hydrogen (secondary N) is 1. The second kappa shape index (κ2) is 8.14. The first-order chi connectivity index (χ1) is 13.8. The van der Waals surface area contributed by atoms with Crippen molar-refractivity contribution in [2.45, 2.75) is 68.1 Å². The van der Waals surface area contributed by atoms with Gasteiger partial charge in [0.15, 0.2) is 15.7 Å². The van der Waals surface area contributed by atoms with Gasteiger partial charge in [-0.1, -0.05) is 56.0 Å². The Kier molecular flexibility index (Phi) is 5.75. The van der Waals surface area contributed by atoms with Crippen molar-refractivity contribution in [3.8, 4) is 0 Å². The van der Waals surface area contributed by atoms with Crippen LogP contribution in [0.25, 0.3) is 0 Å². The van der Waals surface area contributed by atoms with Crippen LogP contribution in [0.1, 0.15) is 74.3 Å². The average Bonchev–Trinajstić information content (AvgIpc) is 2.96. The largest absolute Gasteiger partial charge is 0.271 e. The zero-order chi connectivity index (χ0) is 20.6. The van der Waals surface area contributed by atoms with E-state index in [4.69, 9.17) is 4.99 Å². The highest BCUT2D eigenvalue weighted by Crippen LogP contribution is 2.45. The smallest absolute Gasteiger partial charge is 0.268 e. The van der Waals surface area contributed by atoms with Crippen LogP contribution in [-0.2, 0) is 9.84 Å². The molecule has 0 amide bonds. The Morgan fingerprint density at radius 3 is 2.31 bits per heavy atom. The summed E-state index contributed by atoms with van der Waals surface area (Å²) in [4.78, 5) is 18.0. The zero-order valence-electron chi connectivity index (χ0n) is 16.8. The van der Waals surface area contributed by atoms with Crippen LogP contribution in [0, 0.1) is 0 Å². The number of hydrogen-bond donors (Lipinski definition) is 1. The lowest BCUT2D eigenvalue weighted by atomic mass is 9.97. The van der Waals surface area contributed by atoms with Gasteiger partial charge in [-0.3, -0.25) is 14.6 Å². The molecule has 1 atom stereocenters. The van der Waals surface area contributed by atoms with E-state index in [1.807, 2.05) is 23.7 Å². The molecule has 0 radical (unpaired) electrons. The van der Waals surface area contributed by atoms with Crippen LogP contribution >= 0.6 is 11.8 Å². The molecule has 2 heterocycles. The number of fused-ring (bicyclic) bond motifs is 1. The van der Waals surface area contributed by atoms with E-state index < -0.39 is 9.84 Å². The molecule has 1 aromatic heterocycles. The van der Waals surface area contributed by atoms with Gasteiger partial charge in [0.25, 0.3) is 5.56 Å². The number of rotatable bonds is 3. The van der Waals surface area contributed by atoms with Gasteiger partial charge in [-0.2, -0.15) is 0 Å². The third kappa shape index (κ3) is 4.23. The second-order valence-electron chi connectivity index (χ2n) is 8.02. The van der Waals surface area contributed by atoms with Crippen LogP contribution in [0.5, 0.6) is 0 Å². The standard InChI is InChI=1S/C21H27N3O3S2/c1-14-22-20-18(19(28-14)15-10-12-17(13-11-15)29(2,26)27)21(25)23-24(20)16-8-6-4-3-5-7-9-16/h10-13,16,19H,3-9H2,1-2H3,(H,23,25). The lowest BCUT2D eigenvalue weighted by molar-refractivity contribution is 0.349. The summed E-state index contributed by atoms with van der Waals surface area (Å²) in [7, 11) is -3.25. The van der Waals surface area contributed by atoms with Crippen LogP contribution in [0.4, 0.5) is 5.82 Å². The first-order valence-corrected chi connectivity index (χ1v) is 13.0. The topological polar surface area (TPSA) is 84.3 Å². The SMILES string of the molecule is CC1=Nc2c(c(=O)[nH]n2C2CCCCCCC2)C(c2ccc(S(C)(=O)=O)cc2)S1. The van der Waals surface area contributed by atoms with Crippen molar-refractivity contribution in [3.05, 3.63) is 45.7 Å². The van der Waals surface area contributed by atoms with Crippen molar-refractivity contribution >= 4 is 32.5 Å². The third-order valence-corrected chi connectivity index (χ3v) is 8.10. The number of nitrogens with zero attached hydrogens (tertiary/aromatic N) is 2. The molecule has 156 valence electrons. The van der Waals surface area contributed by atoms with Crippen molar-refractivity contribution in [3.63, 3.8) is 0 Å². The maximum absolute atomic E-state index is 12.9. The fourth-order valence-corrected chi connectivity index (χ4v) is 6.03. The van der Waals surface area contributed by atoms with E-state index in [2.05, 4.69) is 5.10 Å². The number of aromatic nitrogens is 2. The highest BCUT2D eigenvalue weighted by molar-refractivity contribution is 8.14. The quantitative estimate of drug-likeness (QED) is 0.757. The van der Waals surface area contributed by atoms with Crippen LogP contribution in [0.15, 0.2) is 38.9 Å². The predicted octanol–water partition coefficient (Wildman–Crippen LogP) is 4.75. The number of H-pyrrole nitrogens is 1. The Labute approximate surface area is 175 Å². The van der Waals surface area contributed by atoms with E-state index in [0.717, 1.165) is 29.3 Å². The molecule has 1 aromatic carbocycles. The van der Waals surface area contributed by atoms with E-state index in [1.54, 1.807) is 23.9 Å². The molecule has 8 heteroatoms. The highest BCUT2D eigenvalue weighted by atomic mass is 32.2. The summed E-state index contributed by atoms with van der Waals surface area (Å²) >= 11 is 1.54. The fraction of sp³-hybridized carbons (Fsp3) is 0.524. The van der Waals surface area contributed by atoms with Gasteiger partial charge in [0.05, 0.1) is 26.8 Å². The van der Waals surface area contributed by atoms with Crippen molar-refractivity contribution in [2.75, 3.05) is 6.26 Å². The molecule has 1 N–H and O–H groups in total. The Morgan fingerprint density at radius 2 is 1.69 bits per heavy atom. The maximum Gasteiger partial charge on any atom is 0.271 e. The molecule has 2 aliphatic rings. The lowest BCUT2D eigenvalue weighted by Crippen LogP contribution is -2.15.